The van der Waals surface area contributed by atoms with Crippen LogP contribution in [0.25, 0.3) is 0 Å². The molecular weight excluding hydrogens is 412 g/mol. The van der Waals surface area contributed by atoms with Gasteiger partial charge >= 0.3 is 0 Å². The molecule has 1 heterocycles. The molecular formula is C21H17ClN2O4S. The molecule has 0 saturated heterocycles. The summed E-state index contributed by atoms with van der Waals surface area (Å²) in [4.78, 5) is 14.6. The van der Waals surface area contributed by atoms with Crippen LogP contribution in [0.5, 0.6) is 11.5 Å². The first kappa shape index (κ1) is 19.3. The summed E-state index contributed by atoms with van der Waals surface area (Å²) >= 11 is 5.82. The van der Waals surface area contributed by atoms with Crippen molar-refractivity contribution in [3.63, 3.8) is 0 Å². The molecule has 0 fully saturated rings. The van der Waals surface area contributed by atoms with Gasteiger partial charge in [0.25, 0.3) is 15.9 Å². The van der Waals surface area contributed by atoms with E-state index in [4.69, 9.17) is 16.3 Å². The lowest BCUT2D eigenvalue weighted by atomic mass is 10.1. The minimum Gasteiger partial charge on any atom is -0.454 e. The Balaban J connectivity index is 1.70. The molecule has 0 radical (unpaired) electrons. The Bertz CT molecular complexity index is 1220. The summed E-state index contributed by atoms with van der Waals surface area (Å²) in [6.45, 7) is 1.93. The zero-order chi connectivity index (χ0) is 20.8. The molecule has 0 spiro atoms. The molecule has 1 aliphatic heterocycles. The smallest absolute Gasteiger partial charge is 0.261 e. The first-order valence-corrected chi connectivity index (χ1v) is 10.6. The SMILES string of the molecule is Cc1ccc2c(c1)N(C)C(=O)c1cc(NS(=O)(=O)c3ccc(Cl)cc3)ccc1O2. The van der Waals surface area contributed by atoms with Gasteiger partial charge in [0.2, 0.25) is 0 Å². The first-order chi connectivity index (χ1) is 13.7. The number of rotatable bonds is 3. The van der Waals surface area contributed by atoms with Gasteiger partial charge in [-0.1, -0.05) is 17.7 Å². The topological polar surface area (TPSA) is 75.7 Å². The van der Waals surface area contributed by atoms with Crippen LogP contribution < -0.4 is 14.4 Å². The first-order valence-electron chi connectivity index (χ1n) is 8.73. The summed E-state index contributed by atoms with van der Waals surface area (Å²) in [5.74, 6) is 0.621. The molecule has 0 atom stereocenters. The van der Waals surface area contributed by atoms with Crippen molar-refractivity contribution in [2.24, 2.45) is 0 Å². The fourth-order valence-electron chi connectivity index (χ4n) is 3.06. The van der Waals surface area contributed by atoms with Gasteiger partial charge < -0.3 is 9.64 Å². The van der Waals surface area contributed by atoms with Gasteiger partial charge in [-0.05, 0) is 67.1 Å². The Hall–Kier alpha value is -3.03. The largest absolute Gasteiger partial charge is 0.454 e. The van der Waals surface area contributed by atoms with Gasteiger partial charge in [0.05, 0.1) is 16.1 Å². The number of nitrogens with one attached hydrogen (secondary N) is 1. The molecule has 1 amide bonds. The summed E-state index contributed by atoms with van der Waals surface area (Å²) in [6.07, 6.45) is 0. The van der Waals surface area contributed by atoms with Crippen molar-refractivity contribution in [1.82, 2.24) is 0 Å². The highest BCUT2D eigenvalue weighted by atomic mass is 35.5. The molecule has 0 aliphatic carbocycles. The number of hydrogen-bond acceptors (Lipinski definition) is 4. The van der Waals surface area contributed by atoms with Crippen LogP contribution in [0.3, 0.4) is 0 Å². The second kappa shape index (κ2) is 7.09. The van der Waals surface area contributed by atoms with Crippen LogP contribution in [0.1, 0.15) is 15.9 Å². The van der Waals surface area contributed by atoms with Gasteiger partial charge in [0.1, 0.15) is 5.75 Å². The third kappa shape index (κ3) is 3.66. The lowest BCUT2D eigenvalue weighted by Crippen LogP contribution is -2.25. The van der Waals surface area contributed by atoms with Gasteiger partial charge in [0, 0.05) is 17.8 Å². The standard InChI is InChI=1S/C21H17ClN2O4S/c1-13-3-9-20-18(11-13)24(2)21(25)17-12-15(6-10-19(17)28-20)23-29(26,27)16-7-4-14(22)5-8-16/h3-12,23H,1-2H3. The Morgan fingerprint density at radius 2 is 1.66 bits per heavy atom. The Morgan fingerprint density at radius 3 is 2.38 bits per heavy atom. The number of benzene rings is 3. The van der Waals surface area contributed by atoms with E-state index < -0.39 is 10.0 Å². The number of ether oxygens (including phenoxy) is 1. The van der Waals surface area contributed by atoms with Crippen molar-refractivity contribution in [3.8, 4) is 11.5 Å². The van der Waals surface area contributed by atoms with E-state index in [1.807, 2.05) is 19.1 Å². The summed E-state index contributed by atoms with van der Waals surface area (Å²) in [6, 6.07) is 16.0. The van der Waals surface area contributed by atoms with Crippen LogP contribution in [0.4, 0.5) is 11.4 Å². The number of anilines is 2. The second-order valence-electron chi connectivity index (χ2n) is 6.71. The maximum atomic E-state index is 13.0. The van der Waals surface area contributed by atoms with Crippen molar-refractivity contribution in [3.05, 3.63) is 76.8 Å². The molecule has 1 N–H and O–H groups in total. The molecule has 0 aromatic heterocycles. The van der Waals surface area contributed by atoms with E-state index in [-0.39, 0.29) is 22.1 Å². The highest BCUT2D eigenvalue weighted by molar-refractivity contribution is 7.92. The number of amides is 1. The fourth-order valence-corrected chi connectivity index (χ4v) is 4.24. The summed E-state index contributed by atoms with van der Waals surface area (Å²) < 4.78 is 33.7. The lowest BCUT2D eigenvalue weighted by Gasteiger charge is -2.17. The number of aryl methyl sites for hydroxylation is 1. The van der Waals surface area contributed by atoms with E-state index in [9.17, 15) is 13.2 Å². The van der Waals surface area contributed by atoms with Gasteiger partial charge in [-0.25, -0.2) is 8.42 Å². The lowest BCUT2D eigenvalue weighted by molar-refractivity contribution is 0.0993. The van der Waals surface area contributed by atoms with Crippen LogP contribution in [0.2, 0.25) is 5.02 Å². The predicted octanol–water partition coefficient (Wildman–Crippen LogP) is 4.83. The Morgan fingerprint density at radius 1 is 0.966 bits per heavy atom. The molecule has 148 valence electrons. The van der Waals surface area contributed by atoms with E-state index in [0.29, 0.717) is 22.2 Å². The molecule has 0 saturated carbocycles. The van der Waals surface area contributed by atoms with E-state index in [2.05, 4.69) is 4.72 Å². The van der Waals surface area contributed by atoms with Crippen LogP contribution in [-0.4, -0.2) is 21.4 Å². The number of hydrogen-bond donors (Lipinski definition) is 1. The number of carbonyl (C=O) groups excluding carboxylic acids is 1. The second-order valence-corrected chi connectivity index (χ2v) is 8.83. The van der Waals surface area contributed by atoms with Gasteiger partial charge in [-0.15, -0.1) is 0 Å². The summed E-state index contributed by atoms with van der Waals surface area (Å²) in [5, 5.41) is 0.439. The van der Waals surface area contributed by atoms with Crippen LogP contribution in [0, 0.1) is 6.92 Å². The van der Waals surface area contributed by atoms with Gasteiger partial charge in [-0.2, -0.15) is 0 Å². The van der Waals surface area contributed by atoms with Crippen molar-refractivity contribution in [1.29, 1.82) is 0 Å². The average molecular weight is 429 g/mol. The minimum atomic E-state index is -3.83. The molecule has 4 rings (SSSR count). The van der Waals surface area contributed by atoms with E-state index in [1.54, 1.807) is 25.2 Å². The molecule has 0 bridgehead atoms. The summed E-state index contributed by atoms with van der Waals surface area (Å²) in [5.41, 5.74) is 2.16. The zero-order valence-corrected chi connectivity index (χ0v) is 17.2. The molecule has 8 heteroatoms. The molecule has 0 unspecified atom stereocenters. The minimum absolute atomic E-state index is 0.0689. The molecule has 3 aromatic rings. The van der Waals surface area contributed by atoms with Crippen LogP contribution >= 0.6 is 11.6 Å². The predicted molar refractivity (Wildman–Crippen MR) is 113 cm³/mol. The van der Waals surface area contributed by atoms with E-state index in [0.717, 1.165) is 5.56 Å². The molecule has 6 nitrogen and oxygen atoms in total. The number of nitrogens with zero attached hydrogens (tertiary/aromatic N) is 1. The number of fused-ring (bicyclic) bond motifs is 2. The monoisotopic (exact) mass is 428 g/mol. The Labute approximate surface area is 173 Å². The maximum Gasteiger partial charge on any atom is 0.261 e. The van der Waals surface area contributed by atoms with E-state index in [1.165, 1.54) is 35.2 Å². The average Bonchev–Trinajstić information content (AvgIpc) is 2.78. The third-order valence-corrected chi connectivity index (χ3v) is 6.24. The van der Waals surface area contributed by atoms with Crippen molar-refractivity contribution < 1.29 is 17.9 Å². The summed E-state index contributed by atoms with van der Waals surface area (Å²) in [7, 11) is -2.17. The number of sulfonamides is 1. The molecule has 3 aromatic carbocycles. The highest BCUT2D eigenvalue weighted by Gasteiger charge is 2.26. The van der Waals surface area contributed by atoms with E-state index >= 15 is 0 Å². The quantitative estimate of drug-likeness (QED) is 0.648. The van der Waals surface area contributed by atoms with Gasteiger partial charge in [0.15, 0.2) is 5.75 Å². The normalized spacial score (nSPS) is 13.2. The fraction of sp³-hybridized carbons (Fsp3) is 0.0952. The van der Waals surface area contributed by atoms with Crippen LogP contribution in [0.15, 0.2) is 65.6 Å². The third-order valence-electron chi connectivity index (χ3n) is 4.59. The number of halogens is 1. The highest BCUT2D eigenvalue weighted by Crippen LogP contribution is 2.39. The van der Waals surface area contributed by atoms with Crippen LogP contribution in [-0.2, 0) is 10.0 Å². The van der Waals surface area contributed by atoms with Crippen molar-refractivity contribution >= 4 is 38.9 Å². The van der Waals surface area contributed by atoms with Gasteiger partial charge in [-0.3, -0.25) is 9.52 Å². The maximum absolute atomic E-state index is 13.0. The molecule has 1 aliphatic rings. The Kier molecular flexibility index (Phi) is 4.72. The van der Waals surface area contributed by atoms with Crippen molar-refractivity contribution in [2.45, 2.75) is 11.8 Å². The number of carbonyl (C=O) groups is 1. The molecule has 29 heavy (non-hydrogen) atoms. The van der Waals surface area contributed by atoms with Crippen molar-refractivity contribution in [2.75, 3.05) is 16.7 Å². The zero-order valence-electron chi connectivity index (χ0n) is 15.6.